The van der Waals surface area contributed by atoms with Crippen molar-refractivity contribution in [2.45, 2.75) is 78.1 Å². The Balaban J connectivity index is 1.94. The Morgan fingerprint density at radius 2 is 1.53 bits per heavy atom. The van der Waals surface area contributed by atoms with Crippen LogP contribution in [0.15, 0.2) is 0 Å². The van der Waals surface area contributed by atoms with Gasteiger partial charge in [0, 0.05) is 0 Å². The van der Waals surface area contributed by atoms with E-state index in [-0.39, 0.29) is 0 Å². The number of nitrogens with one attached hydrogen (secondary N) is 1. The molecule has 102 valence electrons. The molecule has 0 radical (unpaired) electrons. The Morgan fingerprint density at radius 1 is 0.824 bits per heavy atom. The Labute approximate surface area is 109 Å². The molecule has 0 aromatic heterocycles. The van der Waals surface area contributed by atoms with E-state index in [1.54, 1.807) is 0 Å². The van der Waals surface area contributed by atoms with Crippen LogP contribution in [0.3, 0.4) is 0 Å². The zero-order chi connectivity index (χ0) is 12.3. The van der Waals surface area contributed by atoms with Crippen LogP contribution in [0, 0.1) is 11.8 Å². The molecule has 1 N–H and O–H groups in total. The summed E-state index contributed by atoms with van der Waals surface area (Å²) in [6.07, 6.45) is 14.5. The van der Waals surface area contributed by atoms with E-state index in [1.807, 2.05) is 0 Å². The average molecular weight is 239 g/mol. The molecule has 1 rings (SSSR count). The summed E-state index contributed by atoms with van der Waals surface area (Å²) in [7, 11) is 0. The zero-order valence-corrected chi connectivity index (χ0v) is 12.1. The van der Waals surface area contributed by atoms with Gasteiger partial charge in [0.25, 0.3) is 0 Å². The molecule has 17 heavy (non-hydrogen) atoms. The molecule has 1 aliphatic rings. The molecule has 2 unspecified atom stereocenters. The maximum absolute atomic E-state index is 3.51. The molecule has 0 bridgehead atoms. The van der Waals surface area contributed by atoms with Gasteiger partial charge in [0.05, 0.1) is 0 Å². The van der Waals surface area contributed by atoms with Gasteiger partial charge in [0.2, 0.25) is 0 Å². The first-order valence-corrected chi connectivity index (χ1v) is 8.07. The van der Waals surface area contributed by atoms with Crippen LogP contribution in [0.2, 0.25) is 0 Å². The first kappa shape index (κ1) is 15.0. The van der Waals surface area contributed by atoms with Crippen LogP contribution in [0.5, 0.6) is 0 Å². The highest BCUT2D eigenvalue weighted by Crippen LogP contribution is 2.36. The second-order valence-electron chi connectivity index (χ2n) is 5.93. The van der Waals surface area contributed by atoms with Crippen molar-refractivity contribution >= 4 is 0 Å². The fraction of sp³-hybridized carbons (Fsp3) is 1.00. The predicted molar refractivity (Wildman–Crippen MR) is 77.4 cm³/mol. The summed E-state index contributed by atoms with van der Waals surface area (Å²) in [6, 6.07) is 0. The number of unbranched alkanes of at least 4 members (excludes halogenated alkanes) is 2. The van der Waals surface area contributed by atoms with Crippen LogP contribution >= 0.6 is 0 Å². The Bertz CT molecular complexity index is 167. The quantitative estimate of drug-likeness (QED) is 0.542. The summed E-state index contributed by atoms with van der Waals surface area (Å²) in [5, 5.41) is 3.51. The molecule has 0 aliphatic heterocycles. The summed E-state index contributed by atoms with van der Waals surface area (Å²) in [5.41, 5.74) is 0. The van der Waals surface area contributed by atoms with Crippen LogP contribution in [0.25, 0.3) is 0 Å². The number of hydrogen-bond donors (Lipinski definition) is 1. The minimum absolute atomic E-state index is 1.06. The van der Waals surface area contributed by atoms with Gasteiger partial charge >= 0.3 is 0 Å². The Morgan fingerprint density at radius 3 is 2.18 bits per heavy atom. The molecular weight excluding hydrogens is 206 g/mol. The van der Waals surface area contributed by atoms with Crippen molar-refractivity contribution < 1.29 is 0 Å². The molecule has 0 amide bonds. The Hall–Kier alpha value is -0.0400. The third-order valence-electron chi connectivity index (χ3n) is 4.26. The molecule has 1 fully saturated rings. The highest BCUT2D eigenvalue weighted by atomic mass is 14.8. The van der Waals surface area contributed by atoms with Crippen molar-refractivity contribution in [2.75, 3.05) is 13.1 Å². The lowest BCUT2D eigenvalue weighted by Crippen LogP contribution is -2.16. The van der Waals surface area contributed by atoms with E-state index in [1.165, 1.54) is 77.3 Å². The summed E-state index contributed by atoms with van der Waals surface area (Å²) in [6.45, 7) is 6.99. The highest BCUT2D eigenvalue weighted by Gasteiger charge is 2.23. The van der Waals surface area contributed by atoms with Gasteiger partial charge < -0.3 is 5.32 Å². The molecular formula is C16H33N. The normalized spacial score (nSPS) is 24.4. The second kappa shape index (κ2) is 9.94. The van der Waals surface area contributed by atoms with Gasteiger partial charge in [0.1, 0.15) is 0 Å². The van der Waals surface area contributed by atoms with Crippen molar-refractivity contribution in [1.82, 2.24) is 5.32 Å². The van der Waals surface area contributed by atoms with Crippen LogP contribution in [0.4, 0.5) is 0 Å². The summed E-state index contributed by atoms with van der Waals surface area (Å²) < 4.78 is 0. The van der Waals surface area contributed by atoms with Crippen molar-refractivity contribution in [2.24, 2.45) is 11.8 Å². The van der Waals surface area contributed by atoms with Crippen LogP contribution < -0.4 is 5.32 Å². The monoisotopic (exact) mass is 239 g/mol. The smallest absolute Gasteiger partial charge is 0.00488 e. The van der Waals surface area contributed by atoms with E-state index >= 15 is 0 Å². The molecule has 2 atom stereocenters. The summed E-state index contributed by atoms with van der Waals surface area (Å²) >= 11 is 0. The molecule has 1 aliphatic carbocycles. The molecule has 0 spiro atoms. The lowest BCUT2D eigenvalue weighted by Gasteiger charge is -2.11. The highest BCUT2D eigenvalue weighted by molar-refractivity contribution is 4.75. The summed E-state index contributed by atoms with van der Waals surface area (Å²) in [4.78, 5) is 0. The van der Waals surface area contributed by atoms with Crippen molar-refractivity contribution in [3.05, 3.63) is 0 Å². The predicted octanol–water partition coefficient (Wildman–Crippen LogP) is 4.76. The molecule has 0 heterocycles. The average Bonchev–Trinajstić information content (AvgIpc) is 2.77. The van der Waals surface area contributed by atoms with E-state index < -0.39 is 0 Å². The number of rotatable bonds is 10. The SMILES string of the molecule is CCCCCC1CCC(CCCNCCC)C1. The largest absolute Gasteiger partial charge is 0.317 e. The summed E-state index contributed by atoms with van der Waals surface area (Å²) in [5.74, 6) is 2.14. The van der Waals surface area contributed by atoms with Gasteiger partial charge in [-0.1, -0.05) is 52.4 Å². The maximum Gasteiger partial charge on any atom is -0.00488 e. The van der Waals surface area contributed by atoms with Gasteiger partial charge in [-0.05, 0) is 50.6 Å². The standard InChI is InChI=1S/C16H33N/c1-3-5-6-8-15-10-11-16(14-15)9-7-13-17-12-4-2/h15-17H,3-14H2,1-2H3. The van der Waals surface area contributed by atoms with Gasteiger partial charge in [-0.15, -0.1) is 0 Å². The first-order valence-electron chi connectivity index (χ1n) is 8.07. The third kappa shape index (κ3) is 7.08. The molecule has 0 aromatic rings. The molecule has 0 saturated heterocycles. The minimum Gasteiger partial charge on any atom is -0.317 e. The molecule has 1 saturated carbocycles. The van der Waals surface area contributed by atoms with E-state index in [0.717, 1.165) is 11.8 Å². The minimum atomic E-state index is 1.06. The van der Waals surface area contributed by atoms with Crippen molar-refractivity contribution in [3.8, 4) is 0 Å². The van der Waals surface area contributed by atoms with Crippen molar-refractivity contribution in [3.63, 3.8) is 0 Å². The lowest BCUT2D eigenvalue weighted by atomic mass is 9.96. The second-order valence-corrected chi connectivity index (χ2v) is 5.93. The van der Waals surface area contributed by atoms with Crippen molar-refractivity contribution in [1.29, 1.82) is 0 Å². The first-order chi connectivity index (χ1) is 8.36. The van der Waals surface area contributed by atoms with E-state index in [9.17, 15) is 0 Å². The Kier molecular flexibility index (Phi) is 8.78. The molecule has 1 nitrogen and oxygen atoms in total. The van der Waals surface area contributed by atoms with Gasteiger partial charge in [-0.25, -0.2) is 0 Å². The fourth-order valence-electron chi connectivity index (χ4n) is 3.20. The lowest BCUT2D eigenvalue weighted by molar-refractivity contribution is 0.420. The van der Waals surface area contributed by atoms with Crippen LogP contribution in [0.1, 0.15) is 78.1 Å². The van der Waals surface area contributed by atoms with E-state index in [0.29, 0.717) is 0 Å². The third-order valence-corrected chi connectivity index (χ3v) is 4.26. The number of hydrogen-bond acceptors (Lipinski definition) is 1. The topological polar surface area (TPSA) is 12.0 Å². The van der Waals surface area contributed by atoms with Gasteiger partial charge in [-0.3, -0.25) is 0 Å². The fourth-order valence-corrected chi connectivity index (χ4v) is 3.20. The van der Waals surface area contributed by atoms with Gasteiger partial charge in [0.15, 0.2) is 0 Å². The van der Waals surface area contributed by atoms with Crippen LogP contribution in [-0.4, -0.2) is 13.1 Å². The van der Waals surface area contributed by atoms with Gasteiger partial charge in [-0.2, -0.15) is 0 Å². The van der Waals surface area contributed by atoms with E-state index in [4.69, 9.17) is 0 Å². The van der Waals surface area contributed by atoms with Crippen LogP contribution in [-0.2, 0) is 0 Å². The molecule has 1 heteroatoms. The maximum atomic E-state index is 3.51. The molecule has 0 aromatic carbocycles. The zero-order valence-electron chi connectivity index (χ0n) is 12.1. The van der Waals surface area contributed by atoms with E-state index in [2.05, 4.69) is 19.2 Å².